The van der Waals surface area contributed by atoms with Crippen LogP contribution in [-0.4, -0.2) is 46.8 Å². The molecular formula is C21H28N4O3. The minimum Gasteiger partial charge on any atom is -0.322 e. The van der Waals surface area contributed by atoms with Crippen molar-refractivity contribution in [2.45, 2.75) is 70.2 Å². The maximum atomic E-state index is 13.1. The monoisotopic (exact) mass is 384 g/mol. The second kappa shape index (κ2) is 7.29. The van der Waals surface area contributed by atoms with E-state index in [1.54, 1.807) is 4.90 Å². The SMILES string of the molecule is CC1(C)NCCCC1NCc1cccc2c1C(=O)N(C1CCC(=O)NC1=O)C2. The number of nitrogens with zero attached hydrogens (tertiary/aromatic N) is 1. The van der Waals surface area contributed by atoms with Gasteiger partial charge in [0.25, 0.3) is 5.91 Å². The first-order valence-electron chi connectivity index (χ1n) is 10.1. The number of hydrogen-bond donors (Lipinski definition) is 3. The molecule has 2 unspecified atom stereocenters. The van der Waals surface area contributed by atoms with E-state index in [-0.39, 0.29) is 29.7 Å². The summed E-state index contributed by atoms with van der Waals surface area (Å²) in [7, 11) is 0. The van der Waals surface area contributed by atoms with Gasteiger partial charge >= 0.3 is 0 Å². The molecule has 3 N–H and O–H groups in total. The number of fused-ring (bicyclic) bond motifs is 1. The Morgan fingerprint density at radius 2 is 2.04 bits per heavy atom. The number of nitrogens with one attached hydrogen (secondary N) is 3. The predicted octanol–water partition coefficient (Wildman–Crippen LogP) is 1.07. The van der Waals surface area contributed by atoms with Crippen LogP contribution in [0.4, 0.5) is 0 Å². The van der Waals surface area contributed by atoms with Gasteiger partial charge in [0.15, 0.2) is 0 Å². The number of carbonyl (C=O) groups is 3. The van der Waals surface area contributed by atoms with Crippen molar-refractivity contribution in [2.24, 2.45) is 0 Å². The zero-order chi connectivity index (χ0) is 19.9. The maximum absolute atomic E-state index is 13.1. The van der Waals surface area contributed by atoms with Crippen LogP contribution in [-0.2, 0) is 22.7 Å². The average molecular weight is 384 g/mol. The van der Waals surface area contributed by atoms with Gasteiger partial charge in [-0.15, -0.1) is 0 Å². The Bertz CT molecular complexity index is 820. The van der Waals surface area contributed by atoms with Crippen molar-refractivity contribution < 1.29 is 14.4 Å². The lowest BCUT2D eigenvalue weighted by Gasteiger charge is -2.40. The largest absolute Gasteiger partial charge is 0.322 e. The fourth-order valence-corrected chi connectivity index (χ4v) is 4.63. The van der Waals surface area contributed by atoms with E-state index in [2.05, 4.69) is 29.8 Å². The van der Waals surface area contributed by atoms with E-state index < -0.39 is 6.04 Å². The summed E-state index contributed by atoms with van der Waals surface area (Å²) in [6.07, 6.45) is 2.90. The van der Waals surface area contributed by atoms with Gasteiger partial charge in [-0.1, -0.05) is 18.2 Å². The molecule has 2 fully saturated rings. The van der Waals surface area contributed by atoms with Crippen LogP contribution in [0.1, 0.15) is 61.0 Å². The van der Waals surface area contributed by atoms with E-state index in [0.717, 1.165) is 30.5 Å². The highest BCUT2D eigenvalue weighted by atomic mass is 16.2. The topological polar surface area (TPSA) is 90.5 Å². The van der Waals surface area contributed by atoms with Crippen LogP contribution in [0.3, 0.4) is 0 Å². The lowest BCUT2D eigenvalue weighted by molar-refractivity contribution is -0.136. The van der Waals surface area contributed by atoms with Crippen LogP contribution < -0.4 is 16.0 Å². The van der Waals surface area contributed by atoms with Crippen LogP contribution in [0.25, 0.3) is 0 Å². The van der Waals surface area contributed by atoms with Crippen molar-refractivity contribution >= 4 is 17.7 Å². The van der Waals surface area contributed by atoms with E-state index in [4.69, 9.17) is 0 Å². The Morgan fingerprint density at radius 3 is 2.79 bits per heavy atom. The van der Waals surface area contributed by atoms with Gasteiger partial charge in [-0.2, -0.15) is 0 Å². The molecule has 2 atom stereocenters. The number of benzene rings is 1. The number of piperidine rings is 2. The van der Waals surface area contributed by atoms with Gasteiger partial charge in [0.1, 0.15) is 6.04 Å². The Balaban J connectivity index is 1.50. The Kier molecular flexibility index (Phi) is 4.97. The summed E-state index contributed by atoms with van der Waals surface area (Å²) in [5, 5.41) is 9.54. The van der Waals surface area contributed by atoms with Crippen molar-refractivity contribution in [2.75, 3.05) is 6.54 Å². The molecule has 0 saturated carbocycles. The first-order valence-corrected chi connectivity index (χ1v) is 10.1. The molecule has 3 aliphatic rings. The molecule has 0 aromatic heterocycles. The van der Waals surface area contributed by atoms with Gasteiger partial charge in [-0.25, -0.2) is 0 Å². The molecule has 0 spiro atoms. The molecule has 7 nitrogen and oxygen atoms in total. The van der Waals surface area contributed by atoms with Gasteiger partial charge < -0.3 is 15.5 Å². The summed E-state index contributed by atoms with van der Waals surface area (Å²) in [4.78, 5) is 38.4. The standard InChI is InChI=1S/C21H28N4O3/c1-21(2)16(7-4-10-23-21)22-11-13-5-3-6-14-12-25(20(28)18(13)14)15-8-9-17(26)24-19(15)27/h3,5-6,15-16,22-23H,4,7-12H2,1-2H3,(H,24,26,27). The Hall–Kier alpha value is -2.25. The van der Waals surface area contributed by atoms with Crippen molar-refractivity contribution in [3.8, 4) is 0 Å². The molecule has 3 aliphatic heterocycles. The highest BCUT2D eigenvalue weighted by molar-refractivity contribution is 6.05. The Labute approximate surface area is 165 Å². The van der Waals surface area contributed by atoms with Gasteiger partial charge in [0.2, 0.25) is 11.8 Å². The third-order valence-electron chi connectivity index (χ3n) is 6.30. The quantitative estimate of drug-likeness (QED) is 0.676. The van der Waals surface area contributed by atoms with Crippen molar-refractivity contribution in [1.29, 1.82) is 0 Å². The molecule has 28 heavy (non-hydrogen) atoms. The molecule has 7 heteroatoms. The molecular weight excluding hydrogens is 356 g/mol. The third kappa shape index (κ3) is 3.44. The number of rotatable bonds is 4. The summed E-state index contributed by atoms with van der Waals surface area (Å²) < 4.78 is 0. The van der Waals surface area contributed by atoms with E-state index in [1.165, 1.54) is 0 Å². The highest BCUT2D eigenvalue weighted by Crippen LogP contribution is 2.30. The second-order valence-electron chi connectivity index (χ2n) is 8.58. The highest BCUT2D eigenvalue weighted by Gasteiger charge is 2.40. The normalized spacial score (nSPS) is 26.9. The summed E-state index contributed by atoms with van der Waals surface area (Å²) >= 11 is 0. The first kappa shape index (κ1) is 19.1. The fraction of sp³-hybridized carbons (Fsp3) is 0.571. The van der Waals surface area contributed by atoms with E-state index >= 15 is 0 Å². The zero-order valence-corrected chi connectivity index (χ0v) is 16.5. The molecule has 1 aromatic carbocycles. The second-order valence-corrected chi connectivity index (χ2v) is 8.58. The van der Waals surface area contributed by atoms with Crippen LogP contribution in [0.15, 0.2) is 18.2 Å². The third-order valence-corrected chi connectivity index (χ3v) is 6.30. The minimum atomic E-state index is -0.570. The summed E-state index contributed by atoms with van der Waals surface area (Å²) in [5.74, 6) is -0.742. The molecule has 3 amide bonds. The summed E-state index contributed by atoms with van der Waals surface area (Å²) in [6.45, 7) is 6.48. The van der Waals surface area contributed by atoms with Crippen LogP contribution in [0.5, 0.6) is 0 Å². The van der Waals surface area contributed by atoms with Crippen molar-refractivity contribution in [3.05, 3.63) is 34.9 Å². The molecule has 0 radical (unpaired) electrons. The van der Waals surface area contributed by atoms with E-state index in [1.807, 2.05) is 18.2 Å². The smallest absolute Gasteiger partial charge is 0.255 e. The lowest BCUT2D eigenvalue weighted by atomic mass is 9.87. The minimum absolute atomic E-state index is 0.0129. The van der Waals surface area contributed by atoms with Gasteiger partial charge in [-0.3, -0.25) is 19.7 Å². The lowest BCUT2D eigenvalue weighted by Crippen LogP contribution is -2.58. The molecule has 3 heterocycles. The van der Waals surface area contributed by atoms with Crippen LogP contribution >= 0.6 is 0 Å². The molecule has 0 bridgehead atoms. The van der Waals surface area contributed by atoms with Gasteiger partial charge in [0.05, 0.1) is 0 Å². The van der Waals surface area contributed by atoms with Crippen molar-refractivity contribution in [3.63, 3.8) is 0 Å². The molecule has 150 valence electrons. The summed E-state index contributed by atoms with van der Waals surface area (Å²) in [5.41, 5.74) is 2.65. The predicted molar refractivity (Wildman–Crippen MR) is 104 cm³/mol. The Morgan fingerprint density at radius 1 is 1.21 bits per heavy atom. The summed E-state index contributed by atoms with van der Waals surface area (Å²) in [6, 6.07) is 5.68. The zero-order valence-electron chi connectivity index (χ0n) is 16.5. The van der Waals surface area contributed by atoms with E-state index in [9.17, 15) is 14.4 Å². The van der Waals surface area contributed by atoms with Crippen LogP contribution in [0.2, 0.25) is 0 Å². The van der Waals surface area contributed by atoms with Gasteiger partial charge in [0, 0.05) is 36.7 Å². The first-order chi connectivity index (χ1) is 13.4. The van der Waals surface area contributed by atoms with E-state index in [0.29, 0.717) is 31.1 Å². The number of amides is 3. The van der Waals surface area contributed by atoms with Crippen LogP contribution in [0, 0.1) is 0 Å². The number of imide groups is 1. The average Bonchev–Trinajstić information content (AvgIpc) is 2.98. The molecule has 4 rings (SSSR count). The number of carbonyl (C=O) groups excluding carboxylic acids is 3. The maximum Gasteiger partial charge on any atom is 0.255 e. The van der Waals surface area contributed by atoms with Crippen molar-refractivity contribution in [1.82, 2.24) is 20.9 Å². The molecule has 1 aromatic rings. The molecule has 0 aliphatic carbocycles. The van der Waals surface area contributed by atoms with Gasteiger partial charge in [-0.05, 0) is 50.8 Å². The molecule has 2 saturated heterocycles. The number of hydrogen-bond acceptors (Lipinski definition) is 5. The fourth-order valence-electron chi connectivity index (χ4n) is 4.63.